The topological polar surface area (TPSA) is 87.2 Å². The first-order valence-electron chi connectivity index (χ1n) is 11.4. The Morgan fingerprint density at radius 2 is 2.00 bits per heavy atom. The largest absolute Gasteiger partial charge is 0.355 e. The number of fused-ring (bicyclic) bond motifs is 3. The summed E-state index contributed by atoms with van der Waals surface area (Å²) >= 11 is 0. The van der Waals surface area contributed by atoms with E-state index < -0.39 is 5.41 Å². The average molecular weight is 396 g/mol. The van der Waals surface area contributed by atoms with Gasteiger partial charge in [-0.15, -0.1) is 0 Å². The van der Waals surface area contributed by atoms with E-state index in [4.69, 9.17) is 4.98 Å². The van der Waals surface area contributed by atoms with E-state index in [0.29, 0.717) is 31.4 Å². The van der Waals surface area contributed by atoms with Crippen molar-refractivity contribution in [2.75, 3.05) is 16.8 Å². The van der Waals surface area contributed by atoms with E-state index in [9.17, 15) is 9.59 Å². The van der Waals surface area contributed by atoms with Crippen molar-refractivity contribution in [2.24, 2.45) is 17.3 Å². The van der Waals surface area contributed by atoms with Gasteiger partial charge in [-0.05, 0) is 50.4 Å². The minimum Gasteiger partial charge on any atom is -0.355 e. The van der Waals surface area contributed by atoms with E-state index in [0.717, 1.165) is 48.9 Å². The van der Waals surface area contributed by atoms with Gasteiger partial charge in [0.05, 0.1) is 0 Å². The summed E-state index contributed by atoms with van der Waals surface area (Å²) in [5, 5.41) is 6.47. The average Bonchev–Trinajstić information content (AvgIpc) is 3.50. The summed E-state index contributed by atoms with van der Waals surface area (Å²) in [5.41, 5.74) is -0.0227. The lowest BCUT2D eigenvalue weighted by Crippen LogP contribution is -2.56. The van der Waals surface area contributed by atoms with Gasteiger partial charge < -0.3 is 10.6 Å². The first kappa shape index (κ1) is 17.7. The zero-order chi connectivity index (χ0) is 19.6. The van der Waals surface area contributed by atoms with Gasteiger partial charge in [-0.3, -0.25) is 14.5 Å². The number of hydrogen-bond donors (Lipinski definition) is 2. The summed E-state index contributed by atoms with van der Waals surface area (Å²) in [5.74, 6) is 2.80. The van der Waals surface area contributed by atoms with Crippen LogP contribution in [0.15, 0.2) is 6.20 Å². The quantitative estimate of drug-likeness (QED) is 0.768. The molecule has 3 unspecified atom stereocenters. The molecule has 1 aromatic heterocycles. The van der Waals surface area contributed by atoms with Gasteiger partial charge in [0, 0.05) is 36.8 Å². The van der Waals surface area contributed by atoms with Crippen LogP contribution >= 0.6 is 0 Å². The second-order valence-corrected chi connectivity index (χ2v) is 9.85. The summed E-state index contributed by atoms with van der Waals surface area (Å²) in [6.45, 7) is 0.573. The highest BCUT2D eigenvalue weighted by atomic mass is 16.2. The van der Waals surface area contributed by atoms with E-state index in [2.05, 4.69) is 15.6 Å². The molecule has 5 aliphatic rings. The summed E-state index contributed by atoms with van der Waals surface area (Å²) < 4.78 is 0. The number of nitrogens with one attached hydrogen (secondary N) is 2. The van der Waals surface area contributed by atoms with E-state index >= 15 is 0 Å². The van der Waals surface area contributed by atoms with Crippen LogP contribution in [-0.2, 0) is 16.0 Å². The molecule has 1 spiro atoms. The Balaban J connectivity index is 1.36. The third-order valence-corrected chi connectivity index (χ3v) is 8.20. The number of anilines is 2. The number of amides is 2. The fourth-order valence-electron chi connectivity index (χ4n) is 6.66. The first-order valence-corrected chi connectivity index (χ1v) is 11.4. The summed E-state index contributed by atoms with van der Waals surface area (Å²) in [4.78, 5) is 37.7. The van der Waals surface area contributed by atoms with Gasteiger partial charge in [0.2, 0.25) is 17.8 Å². The van der Waals surface area contributed by atoms with Gasteiger partial charge >= 0.3 is 0 Å². The number of nitrogens with zero attached hydrogens (tertiary/aromatic N) is 3. The van der Waals surface area contributed by atoms with Gasteiger partial charge in [-0.25, -0.2) is 4.98 Å². The number of carbonyl (C=O) groups excluding carboxylic acids is 2. The minimum atomic E-state index is -0.960. The maximum absolute atomic E-state index is 13.7. The first-order chi connectivity index (χ1) is 14.1. The Morgan fingerprint density at radius 1 is 1.14 bits per heavy atom. The maximum Gasteiger partial charge on any atom is 0.244 e. The van der Waals surface area contributed by atoms with Crippen LogP contribution in [0.5, 0.6) is 0 Å². The van der Waals surface area contributed by atoms with Gasteiger partial charge in [-0.1, -0.05) is 19.3 Å². The highest BCUT2D eigenvalue weighted by Gasteiger charge is 2.56. The lowest BCUT2D eigenvalue weighted by Gasteiger charge is -2.41. The van der Waals surface area contributed by atoms with E-state index in [1.54, 1.807) is 0 Å². The molecule has 6 rings (SSSR count). The lowest BCUT2D eigenvalue weighted by atomic mass is 9.76. The molecule has 29 heavy (non-hydrogen) atoms. The highest BCUT2D eigenvalue weighted by molar-refractivity contribution is 6.14. The standard InChI is InChI=1S/C22H29N5O2/c28-19-22(7-8-23-19)11-15-12-24-21(25-17-10-13-5-6-14(17)9-13)26-18(15)27(20(22)29)16-3-1-2-4-16/h12-14,16-17H,1-11H2,(H,23,28)(H,24,25,26)/t13?,14?,17?,22-/m1/s1. The van der Waals surface area contributed by atoms with E-state index in [-0.39, 0.29) is 17.9 Å². The van der Waals surface area contributed by atoms with Crippen LogP contribution in [0.3, 0.4) is 0 Å². The zero-order valence-corrected chi connectivity index (χ0v) is 16.8. The third-order valence-electron chi connectivity index (χ3n) is 8.20. The van der Waals surface area contributed by atoms with Crippen molar-refractivity contribution in [3.05, 3.63) is 11.8 Å². The van der Waals surface area contributed by atoms with Crippen LogP contribution < -0.4 is 15.5 Å². The second-order valence-electron chi connectivity index (χ2n) is 9.85. The Hall–Kier alpha value is -2.18. The summed E-state index contributed by atoms with van der Waals surface area (Å²) in [6, 6.07) is 0.607. The molecule has 3 saturated carbocycles. The Kier molecular flexibility index (Phi) is 3.90. The predicted molar refractivity (Wildman–Crippen MR) is 108 cm³/mol. The molecule has 3 heterocycles. The molecule has 3 aliphatic carbocycles. The summed E-state index contributed by atoms with van der Waals surface area (Å²) in [7, 11) is 0. The Morgan fingerprint density at radius 3 is 2.69 bits per heavy atom. The zero-order valence-electron chi connectivity index (χ0n) is 16.8. The number of rotatable bonds is 3. The monoisotopic (exact) mass is 395 g/mol. The molecule has 4 fully saturated rings. The molecule has 4 atom stereocenters. The van der Waals surface area contributed by atoms with Crippen molar-refractivity contribution in [1.82, 2.24) is 15.3 Å². The minimum absolute atomic E-state index is 0.0449. The molecule has 0 radical (unpaired) electrons. The molecular formula is C22H29N5O2. The van der Waals surface area contributed by atoms with Gasteiger partial charge in [0.15, 0.2) is 0 Å². The second kappa shape index (κ2) is 6.41. The van der Waals surface area contributed by atoms with Crippen LogP contribution in [-0.4, -0.2) is 40.4 Å². The van der Waals surface area contributed by atoms with E-state index in [1.165, 1.54) is 25.7 Å². The number of aromatic nitrogens is 2. The van der Waals surface area contributed by atoms with Gasteiger partial charge in [-0.2, -0.15) is 4.98 Å². The SMILES string of the molecule is O=C1NCC[C@@]12Cc1cnc(NC3CC4CCC3C4)nc1N(C1CCCC1)C2=O. The van der Waals surface area contributed by atoms with Crippen LogP contribution in [0, 0.1) is 17.3 Å². The molecule has 2 aliphatic heterocycles. The van der Waals surface area contributed by atoms with E-state index in [1.807, 2.05) is 11.1 Å². The normalized spacial score (nSPS) is 36.1. The van der Waals surface area contributed by atoms with Crippen molar-refractivity contribution >= 4 is 23.6 Å². The fourth-order valence-corrected chi connectivity index (χ4v) is 6.66. The molecule has 1 saturated heterocycles. The lowest BCUT2D eigenvalue weighted by molar-refractivity contribution is -0.140. The van der Waals surface area contributed by atoms with Crippen LogP contribution in [0.4, 0.5) is 11.8 Å². The van der Waals surface area contributed by atoms with Crippen LogP contribution in [0.2, 0.25) is 0 Å². The molecule has 2 bridgehead atoms. The smallest absolute Gasteiger partial charge is 0.244 e. The molecule has 1 aromatic rings. The van der Waals surface area contributed by atoms with Crippen LogP contribution in [0.25, 0.3) is 0 Å². The molecule has 2 N–H and O–H groups in total. The van der Waals surface area contributed by atoms with Gasteiger partial charge in [0.1, 0.15) is 11.2 Å². The van der Waals surface area contributed by atoms with Crippen molar-refractivity contribution in [1.29, 1.82) is 0 Å². The Bertz CT molecular complexity index is 867. The highest BCUT2D eigenvalue weighted by Crippen LogP contribution is 2.46. The molecule has 154 valence electrons. The van der Waals surface area contributed by atoms with Crippen molar-refractivity contribution < 1.29 is 9.59 Å². The molecule has 7 heteroatoms. The molecule has 7 nitrogen and oxygen atoms in total. The summed E-state index contributed by atoms with van der Waals surface area (Å²) in [6.07, 6.45) is 12.3. The molecule has 2 amide bonds. The molecular weight excluding hydrogens is 366 g/mol. The van der Waals surface area contributed by atoms with Crippen molar-refractivity contribution in [3.8, 4) is 0 Å². The molecule has 0 aromatic carbocycles. The van der Waals surface area contributed by atoms with Gasteiger partial charge in [0.25, 0.3) is 0 Å². The van der Waals surface area contributed by atoms with Crippen LogP contribution in [0.1, 0.15) is 63.4 Å². The van der Waals surface area contributed by atoms with Crippen molar-refractivity contribution in [3.63, 3.8) is 0 Å². The van der Waals surface area contributed by atoms with Crippen molar-refractivity contribution in [2.45, 2.75) is 76.3 Å². The third kappa shape index (κ3) is 2.62. The number of carbonyl (C=O) groups is 2. The number of hydrogen-bond acceptors (Lipinski definition) is 5. The Labute approximate surface area is 171 Å². The maximum atomic E-state index is 13.7. The fraction of sp³-hybridized carbons (Fsp3) is 0.727. The predicted octanol–water partition coefficient (Wildman–Crippen LogP) is 2.42.